The van der Waals surface area contributed by atoms with Crippen molar-refractivity contribution in [1.82, 2.24) is 15.2 Å². The first-order chi connectivity index (χ1) is 14.3. The van der Waals surface area contributed by atoms with Crippen molar-refractivity contribution in [2.75, 3.05) is 6.54 Å². The summed E-state index contributed by atoms with van der Waals surface area (Å²) in [5.41, 5.74) is 4.80. The molecular formula is C24H25N3OS. The maximum atomic E-state index is 12.4. The molecule has 2 heterocycles. The van der Waals surface area contributed by atoms with E-state index in [9.17, 15) is 4.79 Å². The van der Waals surface area contributed by atoms with Gasteiger partial charge >= 0.3 is 6.03 Å². The molecule has 0 saturated carbocycles. The van der Waals surface area contributed by atoms with Gasteiger partial charge in [0.15, 0.2) is 0 Å². The molecule has 148 valence electrons. The van der Waals surface area contributed by atoms with Gasteiger partial charge in [0.25, 0.3) is 0 Å². The summed E-state index contributed by atoms with van der Waals surface area (Å²) in [7, 11) is 0. The first kappa shape index (κ1) is 19.3. The number of aryl methyl sites for hydroxylation is 1. The molecule has 0 saturated heterocycles. The van der Waals surface area contributed by atoms with Crippen molar-refractivity contribution in [2.45, 2.75) is 26.4 Å². The highest BCUT2D eigenvalue weighted by molar-refractivity contribution is 7.13. The van der Waals surface area contributed by atoms with E-state index >= 15 is 0 Å². The third-order valence-corrected chi connectivity index (χ3v) is 5.99. The minimum absolute atomic E-state index is 0.133. The molecule has 29 heavy (non-hydrogen) atoms. The molecule has 4 aromatic rings. The largest absolute Gasteiger partial charge is 0.340 e. The molecule has 5 heteroatoms. The number of rotatable bonds is 7. The number of aromatic nitrogens is 1. The summed E-state index contributed by atoms with van der Waals surface area (Å²) in [6.07, 6.45) is 0.823. The quantitative estimate of drug-likeness (QED) is 0.424. The lowest BCUT2D eigenvalue weighted by atomic mass is 10.1. The van der Waals surface area contributed by atoms with Gasteiger partial charge in [0.05, 0.1) is 10.6 Å². The van der Waals surface area contributed by atoms with Crippen LogP contribution in [-0.4, -0.2) is 17.1 Å². The minimum atomic E-state index is -0.133. The van der Waals surface area contributed by atoms with Crippen LogP contribution in [0, 0.1) is 0 Å². The fourth-order valence-corrected chi connectivity index (χ4v) is 4.58. The number of nitrogens with one attached hydrogen (secondary N) is 2. The van der Waals surface area contributed by atoms with Crippen LogP contribution in [0.4, 0.5) is 4.79 Å². The first-order valence-corrected chi connectivity index (χ1v) is 10.9. The average Bonchev–Trinajstić information content (AvgIpc) is 3.38. The lowest BCUT2D eigenvalue weighted by Gasteiger charge is -2.11. The molecule has 0 aliphatic rings. The van der Waals surface area contributed by atoms with Crippen molar-refractivity contribution in [2.24, 2.45) is 0 Å². The van der Waals surface area contributed by atoms with Crippen LogP contribution in [0.3, 0.4) is 0 Å². The standard InChI is InChI=1S/C24H25N3OS/c1-2-27-21-12-7-6-11-19(21)20(23(27)22-13-8-16-29-22)17-26-24(28)25-15-14-18-9-4-3-5-10-18/h3-13,16H,2,14-15,17H2,1H3,(H2,25,26,28). The van der Waals surface area contributed by atoms with Crippen LogP contribution >= 0.6 is 11.3 Å². The van der Waals surface area contributed by atoms with Crippen molar-refractivity contribution in [3.05, 3.63) is 83.2 Å². The topological polar surface area (TPSA) is 46.1 Å². The summed E-state index contributed by atoms with van der Waals surface area (Å²) in [4.78, 5) is 13.6. The van der Waals surface area contributed by atoms with Gasteiger partial charge in [0.1, 0.15) is 0 Å². The van der Waals surface area contributed by atoms with Gasteiger partial charge in [0, 0.05) is 36.1 Å². The number of benzene rings is 2. The van der Waals surface area contributed by atoms with Gasteiger partial charge in [-0.25, -0.2) is 4.79 Å². The van der Waals surface area contributed by atoms with Crippen molar-refractivity contribution < 1.29 is 4.79 Å². The predicted molar refractivity (Wildman–Crippen MR) is 121 cm³/mol. The number of carbonyl (C=O) groups excluding carboxylic acids is 1. The maximum Gasteiger partial charge on any atom is 0.315 e. The van der Waals surface area contributed by atoms with Gasteiger partial charge in [-0.2, -0.15) is 0 Å². The minimum Gasteiger partial charge on any atom is -0.340 e. The van der Waals surface area contributed by atoms with Crippen LogP contribution in [0.25, 0.3) is 21.5 Å². The Balaban J connectivity index is 1.50. The number of urea groups is 1. The van der Waals surface area contributed by atoms with Crippen molar-refractivity contribution in [1.29, 1.82) is 0 Å². The van der Waals surface area contributed by atoms with Crippen molar-refractivity contribution in [3.63, 3.8) is 0 Å². The van der Waals surface area contributed by atoms with Crippen molar-refractivity contribution in [3.8, 4) is 10.6 Å². The van der Waals surface area contributed by atoms with Gasteiger partial charge < -0.3 is 15.2 Å². The van der Waals surface area contributed by atoms with E-state index in [2.05, 4.69) is 76.0 Å². The van der Waals surface area contributed by atoms with E-state index in [0.717, 1.165) is 13.0 Å². The number of hydrogen-bond acceptors (Lipinski definition) is 2. The van der Waals surface area contributed by atoms with Gasteiger partial charge in [-0.1, -0.05) is 54.6 Å². The molecule has 2 amide bonds. The second-order valence-electron chi connectivity index (χ2n) is 6.91. The lowest BCUT2D eigenvalue weighted by molar-refractivity contribution is 0.240. The van der Waals surface area contributed by atoms with E-state index < -0.39 is 0 Å². The smallest absolute Gasteiger partial charge is 0.315 e. The highest BCUT2D eigenvalue weighted by Gasteiger charge is 2.18. The normalized spacial score (nSPS) is 10.9. The van der Waals surface area contributed by atoms with Crippen LogP contribution in [0.5, 0.6) is 0 Å². The van der Waals surface area contributed by atoms with E-state index in [0.29, 0.717) is 13.1 Å². The molecule has 2 aromatic heterocycles. The Hall–Kier alpha value is -3.05. The van der Waals surface area contributed by atoms with Crippen LogP contribution < -0.4 is 10.6 Å². The highest BCUT2D eigenvalue weighted by atomic mass is 32.1. The summed E-state index contributed by atoms with van der Waals surface area (Å²) in [6, 6.07) is 22.7. The molecule has 2 N–H and O–H groups in total. The summed E-state index contributed by atoms with van der Waals surface area (Å²) in [5.74, 6) is 0. The third kappa shape index (κ3) is 4.20. The van der Waals surface area contributed by atoms with Crippen LogP contribution in [-0.2, 0) is 19.5 Å². The van der Waals surface area contributed by atoms with Gasteiger partial charge in [-0.05, 0) is 36.4 Å². The Kier molecular flexibility index (Phi) is 5.96. The fourth-order valence-electron chi connectivity index (χ4n) is 3.77. The number of nitrogens with zero attached hydrogens (tertiary/aromatic N) is 1. The fraction of sp³-hybridized carbons (Fsp3) is 0.208. The third-order valence-electron chi connectivity index (χ3n) is 5.11. The van der Waals surface area contributed by atoms with Gasteiger partial charge in [-0.15, -0.1) is 11.3 Å². The molecular weight excluding hydrogens is 378 g/mol. The first-order valence-electron chi connectivity index (χ1n) is 9.97. The summed E-state index contributed by atoms with van der Waals surface area (Å²) in [5, 5.41) is 9.32. The predicted octanol–water partition coefficient (Wildman–Crippen LogP) is 5.43. The van der Waals surface area contributed by atoms with E-state index in [4.69, 9.17) is 0 Å². The molecule has 0 aliphatic carbocycles. The van der Waals surface area contributed by atoms with Crippen molar-refractivity contribution >= 4 is 28.3 Å². The van der Waals surface area contributed by atoms with Gasteiger partial charge in [-0.3, -0.25) is 0 Å². The number of para-hydroxylation sites is 1. The van der Waals surface area contributed by atoms with E-state index in [-0.39, 0.29) is 6.03 Å². The maximum absolute atomic E-state index is 12.4. The van der Waals surface area contributed by atoms with Crippen LogP contribution in [0.2, 0.25) is 0 Å². The molecule has 0 bridgehead atoms. The average molecular weight is 404 g/mol. The number of amides is 2. The molecule has 0 unspecified atom stereocenters. The monoisotopic (exact) mass is 403 g/mol. The summed E-state index contributed by atoms with van der Waals surface area (Å²) in [6.45, 7) is 4.16. The Morgan fingerprint density at radius 3 is 2.52 bits per heavy atom. The van der Waals surface area contributed by atoms with E-state index in [1.165, 1.54) is 32.6 Å². The number of hydrogen-bond donors (Lipinski definition) is 2. The molecule has 4 nitrogen and oxygen atoms in total. The van der Waals surface area contributed by atoms with E-state index in [1.807, 2.05) is 18.2 Å². The summed E-state index contributed by atoms with van der Waals surface area (Å²) >= 11 is 1.73. The Morgan fingerprint density at radius 2 is 1.76 bits per heavy atom. The zero-order valence-corrected chi connectivity index (χ0v) is 17.3. The van der Waals surface area contributed by atoms with Crippen LogP contribution in [0.15, 0.2) is 72.1 Å². The lowest BCUT2D eigenvalue weighted by Crippen LogP contribution is -2.36. The SMILES string of the molecule is CCn1c(-c2cccs2)c(CNC(=O)NCCc2ccccc2)c2ccccc21. The van der Waals surface area contributed by atoms with E-state index in [1.54, 1.807) is 11.3 Å². The zero-order chi connectivity index (χ0) is 20.1. The molecule has 0 spiro atoms. The van der Waals surface area contributed by atoms with Gasteiger partial charge in [0.2, 0.25) is 0 Å². The summed E-state index contributed by atoms with van der Waals surface area (Å²) < 4.78 is 2.34. The molecule has 0 atom stereocenters. The Labute approximate surface area is 175 Å². The number of thiophene rings is 1. The molecule has 0 radical (unpaired) electrons. The molecule has 2 aromatic carbocycles. The molecule has 0 aliphatic heterocycles. The number of carbonyl (C=O) groups is 1. The molecule has 0 fully saturated rings. The molecule has 4 rings (SSSR count). The second kappa shape index (κ2) is 8.97. The highest BCUT2D eigenvalue weighted by Crippen LogP contribution is 2.36. The Bertz CT molecular complexity index is 1080. The van der Waals surface area contributed by atoms with Crippen LogP contribution in [0.1, 0.15) is 18.1 Å². The number of fused-ring (bicyclic) bond motifs is 1. The Morgan fingerprint density at radius 1 is 0.966 bits per heavy atom. The second-order valence-corrected chi connectivity index (χ2v) is 7.86. The zero-order valence-electron chi connectivity index (χ0n) is 16.5.